The number of nitrogens with zero attached hydrogens (tertiary/aromatic N) is 2. The molecule has 0 atom stereocenters. The summed E-state index contributed by atoms with van der Waals surface area (Å²) in [6.45, 7) is 0. The van der Waals surface area contributed by atoms with E-state index in [-0.39, 0.29) is 11.7 Å². The van der Waals surface area contributed by atoms with Gasteiger partial charge in [0.1, 0.15) is 11.4 Å². The van der Waals surface area contributed by atoms with Gasteiger partial charge in [0.25, 0.3) is 5.91 Å². The highest BCUT2D eigenvalue weighted by atomic mass is 32.2. The Morgan fingerprint density at radius 2 is 1.71 bits per heavy atom. The van der Waals surface area contributed by atoms with Crippen LogP contribution in [0, 0.1) is 0 Å². The maximum Gasteiger partial charge on any atom is 0.255 e. The second-order valence-electron chi connectivity index (χ2n) is 5.92. The van der Waals surface area contributed by atoms with E-state index in [9.17, 15) is 9.59 Å². The molecule has 0 bridgehead atoms. The zero-order chi connectivity index (χ0) is 19.3. The third-order valence-electron chi connectivity index (χ3n) is 4.05. The van der Waals surface area contributed by atoms with Gasteiger partial charge in [-0.25, -0.2) is 9.97 Å². The minimum Gasteiger partial charge on any atom is -0.322 e. The molecule has 0 saturated heterocycles. The zero-order valence-corrected chi connectivity index (χ0v) is 16.3. The van der Waals surface area contributed by atoms with E-state index in [4.69, 9.17) is 0 Å². The molecule has 0 aliphatic heterocycles. The van der Waals surface area contributed by atoms with E-state index >= 15 is 0 Å². The van der Waals surface area contributed by atoms with Crippen LogP contribution >= 0.6 is 23.1 Å². The van der Waals surface area contributed by atoms with Crippen LogP contribution in [-0.2, 0) is 0 Å². The summed E-state index contributed by atoms with van der Waals surface area (Å²) in [6.07, 6.45) is 1.52. The largest absolute Gasteiger partial charge is 0.322 e. The number of amides is 1. The predicted octanol–water partition coefficient (Wildman–Crippen LogP) is 4.92. The van der Waals surface area contributed by atoms with Crippen molar-refractivity contribution in [3.05, 3.63) is 83.5 Å². The first-order valence-corrected chi connectivity index (χ1v) is 10.4. The van der Waals surface area contributed by atoms with Gasteiger partial charge in [0, 0.05) is 16.8 Å². The number of thioether (sulfide) groups is 1. The van der Waals surface area contributed by atoms with Crippen molar-refractivity contribution in [3.8, 4) is 0 Å². The number of hydrogen-bond donors (Lipinski definition) is 1. The highest BCUT2D eigenvalue weighted by Crippen LogP contribution is 2.29. The van der Waals surface area contributed by atoms with Crippen LogP contribution < -0.4 is 5.32 Å². The molecule has 138 valence electrons. The van der Waals surface area contributed by atoms with Crippen LogP contribution in [0.25, 0.3) is 10.2 Å². The summed E-state index contributed by atoms with van der Waals surface area (Å²) in [5, 5.41) is 5.61. The van der Waals surface area contributed by atoms with Gasteiger partial charge in [-0.2, -0.15) is 0 Å². The molecule has 5 nitrogen and oxygen atoms in total. The van der Waals surface area contributed by atoms with Crippen LogP contribution in [0.3, 0.4) is 0 Å². The molecule has 1 amide bonds. The van der Waals surface area contributed by atoms with Crippen molar-refractivity contribution in [2.75, 3.05) is 11.1 Å². The van der Waals surface area contributed by atoms with E-state index in [2.05, 4.69) is 15.3 Å². The Balaban J connectivity index is 1.39. The minimum atomic E-state index is -0.182. The van der Waals surface area contributed by atoms with Gasteiger partial charge in [-0.3, -0.25) is 9.59 Å². The van der Waals surface area contributed by atoms with Crippen LogP contribution in [0.15, 0.2) is 77.4 Å². The van der Waals surface area contributed by atoms with Gasteiger partial charge in [-0.1, -0.05) is 30.0 Å². The first-order valence-electron chi connectivity index (χ1n) is 8.51. The number of rotatable bonds is 6. The molecule has 0 aliphatic carbocycles. The van der Waals surface area contributed by atoms with E-state index in [1.165, 1.54) is 18.1 Å². The maximum absolute atomic E-state index is 12.5. The topological polar surface area (TPSA) is 72.0 Å². The Bertz CT molecular complexity index is 1130. The second-order valence-corrected chi connectivity index (χ2v) is 7.80. The fourth-order valence-corrected chi connectivity index (χ4v) is 4.46. The van der Waals surface area contributed by atoms with Gasteiger partial charge in [-0.15, -0.1) is 11.3 Å². The summed E-state index contributed by atoms with van der Waals surface area (Å²) in [5.74, 6) is 0.118. The number of benzene rings is 2. The van der Waals surface area contributed by atoms with E-state index in [0.717, 1.165) is 15.2 Å². The number of nitrogens with one attached hydrogen (secondary N) is 1. The third-order valence-corrected chi connectivity index (χ3v) is 6.08. The molecular formula is C21H15N3O2S2. The summed E-state index contributed by atoms with van der Waals surface area (Å²) in [6, 6.07) is 17.9. The highest BCUT2D eigenvalue weighted by Gasteiger charge is 2.11. The SMILES string of the molecule is O=C(CSc1ncnc2ccsc12)c1ccc(NC(=O)c2ccccc2)cc1. The number of anilines is 1. The molecule has 28 heavy (non-hydrogen) atoms. The summed E-state index contributed by atoms with van der Waals surface area (Å²) in [4.78, 5) is 33.2. The number of fused-ring (bicyclic) bond motifs is 1. The summed E-state index contributed by atoms with van der Waals surface area (Å²) in [5.41, 5.74) is 2.73. The Morgan fingerprint density at radius 3 is 2.50 bits per heavy atom. The number of Topliss-reactive ketones (excluding diaryl/α,β-unsaturated/α-hetero) is 1. The van der Waals surface area contributed by atoms with E-state index in [0.29, 0.717) is 22.6 Å². The Morgan fingerprint density at radius 1 is 0.929 bits per heavy atom. The fourth-order valence-electron chi connectivity index (χ4n) is 2.62. The smallest absolute Gasteiger partial charge is 0.255 e. The Kier molecular flexibility index (Phi) is 5.45. The van der Waals surface area contributed by atoms with E-state index in [1.54, 1.807) is 47.7 Å². The van der Waals surface area contributed by atoms with Crippen molar-refractivity contribution in [2.24, 2.45) is 0 Å². The van der Waals surface area contributed by atoms with Crippen molar-refractivity contribution in [3.63, 3.8) is 0 Å². The highest BCUT2D eigenvalue weighted by molar-refractivity contribution is 8.00. The van der Waals surface area contributed by atoms with Crippen LogP contribution in [0.5, 0.6) is 0 Å². The molecule has 1 N–H and O–H groups in total. The predicted molar refractivity (Wildman–Crippen MR) is 113 cm³/mol. The number of aromatic nitrogens is 2. The molecule has 7 heteroatoms. The number of hydrogen-bond acceptors (Lipinski definition) is 6. The first-order chi connectivity index (χ1) is 13.7. The summed E-state index contributed by atoms with van der Waals surface area (Å²) < 4.78 is 0.999. The maximum atomic E-state index is 12.5. The average molecular weight is 406 g/mol. The number of thiophene rings is 1. The lowest BCUT2D eigenvalue weighted by Crippen LogP contribution is -2.11. The molecule has 0 saturated carbocycles. The first kappa shape index (κ1) is 18.3. The zero-order valence-electron chi connectivity index (χ0n) is 14.7. The molecule has 0 aliphatic rings. The monoisotopic (exact) mass is 405 g/mol. The van der Waals surface area contributed by atoms with Crippen LogP contribution in [-0.4, -0.2) is 27.4 Å². The van der Waals surface area contributed by atoms with Gasteiger partial charge in [0.05, 0.1) is 16.0 Å². The second kappa shape index (κ2) is 8.33. The Labute approximate surface area is 169 Å². The van der Waals surface area contributed by atoms with Crippen molar-refractivity contribution in [2.45, 2.75) is 5.03 Å². The van der Waals surface area contributed by atoms with Crippen LogP contribution in [0.2, 0.25) is 0 Å². The van der Waals surface area contributed by atoms with Crippen molar-refractivity contribution < 1.29 is 9.59 Å². The van der Waals surface area contributed by atoms with Crippen molar-refractivity contribution in [1.29, 1.82) is 0 Å². The molecule has 4 aromatic rings. The molecule has 2 heterocycles. The standard InChI is InChI=1S/C21H15N3O2S2/c25-18(12-28-21-19-17(10-11-27-19)22-13-23-21)14-6-8-16(9-7-14)24-20(26)15-4-2-1-3-5-15/h1-11,13H,12H2,(H,24,26). The molecule has 4 rings (SSSR count). The van der Waals surface area contributed by atoms with Gasteiger partial charge < -0.3 is 5.32 Å². The molecule has 2 aromatic heterocycles. The number of carbonyl (C=O) groups is 2. The number of ketones is 1. The number of carbonyl (C=O) groups excluding carboxylic acids is 2. The molecule has 0 spiro atoms. The van der Waals surface area contributed by atoms with Crippen LogP contribution in [0.4, 0.5) is 5.69 Å². The summed E-state index contributed by atoms with van der Waals surface area (Å²) in [7, 11) is 0. The quantitative estimate of drug-likeness (QED) is 0.280. The lowest BCUT2D eigenvalue weighted by molar-refractivity contribution is 0.101. The summed E-state index contributed by atoms with van der Waals surface area (Å²) >= 11 is 2.98. The van der Waals surface area contributed by atoms with Gasteiger partial charge in [0.2, 0.25) is 0 Å². The normalized spacial score (nSPS) is 10.7. The van der Waals surface area contributed by atoms with Crippen LogP contribution in [0.1, 0.15) is 20.7 Å². The minimum absolute atomic E-state index is 0.00857. The molecule has 0 fully saturated rings. The lowest BCUT2D eigenvalue weighted by Gasteiger charge is -2.06. The average Bonchev–Trinajstić information content (AvgIpc) is 3.22. The molecule has 0 radical (unpaired) electrons. The molecular weight excluding hydrogens is 390 g/mol. The van der Waals surface area contributed by atoms with E-state index < -0.39 is 0 Å². The van der Waals surface area contributed by atoms with Gasteiger partial charge >= 0.3 is 0 Å². The fraction of sp³-hybridized carbons (Fsp3) is 0.0476. The van der Waals surface area contributed by atoms with E-state index in [1.807, 2.05) is 29.6 Å². The molecule has 2 aromatic carbocycles. The van der Waals surface area contributed by atoms with Gasteiger partial charge in [-0.05, 0) is 47.8 Å². The Hall–Kier alpha value is -3.03. The van der Waals surface area contributed by atoms with Gasteiger partial charge in [0.15, 0.2) is 5.78 Å². The third kappa shape index (κ3) is 4.11. The van der Waals surface area contributed by atoms with Crippen molar-refractivity contribution in [1.82, 2.24) is 9.97 Å². The van der Waals surface area contributed by atoms with Crippen molar-refractivity contribution >= 4 is 50.7 Å². The molecule has 0 unspecified atom stereocenters. The lowest BCUT2D eigenvalue weighted by atomic mass is 10.1.